The molecule has 0 saturated heterocycles. The van der Waals surface area contributed by atoms with E-state index in [-0.39, 0.29) is 12.1 Å². The summed E-state index contributed by atoms with van der Waals surface area (Å²) >= 11 is 0. The lowest BCUT2D eigenvalue weighted by molar-refractivity contribution is 0.401. The number of furan rings is 1. The van der Waals surface area contributed by atoms with Gasteiger partial charge in [0.25, 0.3) is 0 Å². The Kier molecular flexibility index (Phi) is 3.77. The maximum absolute atomic E-state index is 13.1. The molecule has 0 bridgehead atoms. The van der Waals surface area contributed by atoms with Gasteiger partial charge in [-0.05, 0) is 43.7 Å². The second-order valence-corrected chi connectivity index (χ2v) is 4.33. The van der Waals surface area contributed by atoms with E-state index < -0.39 is 11.6 Å². The molecule has 2 atom stereocenters. The standard InChI is InChI=1S/C14H15F2NO/c1-9(11-6-12(15)8-13(16)7-11)17-10(2)14-4-3-5-18-14/h3-10,17H,1-2H3/t9?,10-/m0/s1. The fraction of sp³-hybridized carbons (Fsp3) is 0.286. The molecule has 2 nitrogen and oxygen atoms in total. The van der Waals surface area contributed by atoms with Crippen molar-refractivity contribution in [2.75, 3.05) is 0 Å². The molecule has 2 aromatic rings. The highest BCUT2D eigenvalue weighted by Crippen LogP contribution is 2.21. The van der Waals surface area contributed by atoms with E-state index in [0.29, 0.717) is 5.56 Å². The smallest absolute Gasteiger partial charge is 0.126 e. The second kappa shape index (κ2) is 5.31. The van der Waals surface area contributed by atoms with Crippen molar-refractivity contribution >= 4 is 0 Å². The molecular weight excluding hydrogens is 236 g/mol. The molecule has 1 aromatic heterocycles. The third kappa shape index (κ3) is 2.96. The highest BCUT2D eigenvalue weighted by molar-refractivity contribution is 5.21. The summed E-state index contributed by atoms with van der Waals surface area (Å²) in [5.74, 6) is -0.340. The van der Waals surface area contributed by atoms with E-state index in [0.717, 1.165) is 11.8 Å². The molecule has 0 spiro atoms. The Labute approximate surface area is 105 Å². The van der Waals surface area contributed by atoms with E-state index in [2.05, 4.69) is 5.32 Å². The van der Waals surface area contributed by atoms with Crippen molar-refractivity contribution < 1.29 is 13.2 Å². The summed E-state index contributed by atoms with van der Waals surface area (Å²) in [6.45, 7) is 3.79. The molecule has 0 saturated carbocycles. The van der Waals surface area contributed by atoms with Crippen molar-refractivity contribution in [1.82, 2.24) is 5.32 Å². The molecule has 0 aliphatic heterocycles. The van der Waals surface area contributed by atoms with Crippen LogP contribution in [0.25, 0.3) is 0 Å². The lowest BCUT2D eigenvalue weighted by Crippen LogP contribution is -2.22. The van der Waals surface area contributed by atoms with Gasteiger partial charge in [0, 0.05) is 12.1 Å². The van der Waals surface area contributed by atoms with Gasteiger partial charge < -0.3 is 9.73 Å². The molecule has 0 radical (unpaired) electrons. The first-order chi connectivity index (χ1) is 8.56. The molecule has 18 heavy (non-hydrogen) atoms. The number of nitrogens with one attached hydrogen (secondary N) is 1. The molecular formula is C14H15F2NO. The fourth-order valence-corrected chi connectivity index (χ4v) is 1.92. The quantitative estimate of drug-likeness (QED) is 0.889. The Morgan fingerprint density at radius 1 is 1.06 bits per heavy atom. The van der Waals surface area contributed by atoms with E-state index in [1.54, 1.807) is 12.3 Å². The van der Waals surface area contributed by atoms with Crippen LogP contribution in [0.5, 0.6) is 0 Å². The average Bonchev–Trinajstić information content (AvgIpc) is 2.80. The van der Waals surface area contributed by atoms with E-state index in [1.807, 2.05) is 19.9 Å². The van der Waals surface area contributed by atoms with E-state index in [1.165, 1.54) is 12.1 Å². The average molecular weight is 251 g/mol. The minimum absolute atomic E-state index is 0.0265. The minimum atomic E-state index is -0.565. The summed E-state index contributed by atoms with van der Waals surface area (Å²) in [7, 11) is 0. The van der Waals surface area contributed by atoms with Gasteiger partial charge in [-0.1, -0.05) is 0 Å². The monoisotopic (exact) mass is 251 g/mol. The van der Waals surface area contributed by atoms with Gasteiger partial charge in [0.1, 0.15) is 17.4 Å². The Bertz CT molecular complexity index is 490. The Morgan fingerprint density at radius 2 is 1.72 bits per heavy atom. The van der Waals surface area contributed by atoms with E-state index in [4.69, 9.17) is 4.42 Å². The molecule has 96 valence electrons. The van der Waals surface area contributed by atoms with Crippen molar-refractivity contribution in [1.29, 1.82) is 0 Å². The summed E-state index contributed by atoms with van der Waals surface area (Å²) in [5, 5.41) is 3.23. The summed E-state index contributed by atoms with van der Waals surface area (Å²) in [6.07, 6.45) is 1.60. The normalized spacial score (nSPS) is 14.4. The first-order valence-electron chi connectivity index (χ1n) is 5.81. The van der Waals surface area contributed by atoms with Crippen LogP contribution in [0.1, 0.15) is 37.3 Å². The van der Waals surface area contributed by atoms with Crippen LogP contribution >= 0.6 is 0 Å². The molecule has 2 rings (SSSR count). The van der Waals surface area contributed by atoms with Crippen molar-refractivity contribution in [2.24, 2.45) is 0 Å². The molecule has 0 aliphatic rings. The van der Waals surface area contributed by atoms with Crippen LogP contribution in [0.4, 0.5) is 8.78 Å². The maximum Gasteiger partial charge on any atom is 0.126 e. The van der Waals surface area contributed by atoms with Crippen LogP contribution in [0.3, 0.4) is 0 Å². The number of benzene rings is 1. The van der Waals surface area contributed by atoms with Crippen molar-refractivity contribution in [3.8, 4) is 0 Å². The van der Waals surface area contributed by atoms with Gasteiger partial charge >= 0.3 is 0 Å². The zero-order chi connectivity index (χ0) is 13.1. The Morgan fingerprint density at radius 3 is 2.28 bits per heavy atom. The predicted molar refractivity (Wildman–Crippen MR) is 65.0 cm³/mol. The number of rotatable bonds is 4. The maximum atomic E-state index is 13.1. The first-order valence-corrected chi connectivity index (χ1v) is 5.81. The van der Waals surface area contributed by atoms with Gasteiger partial charge in [-0.25, -0.2) is 8.78 Å². The summed E-state index contributed by atoms with van der Waals surface area (Å²) in [6, 6.07) is 6.99. The van der Waals surface area contributed by atoms with Crippen LogP contribution in [0, 0.1) is 11.6 Å². The second-order valence-electron chi connectivity index (χ2n) is 4.33. The van der Waals surface area contributed by atoms with Crippen LogP contribution < -0.4 is 5.32 Å². The highest BCUT2D eigenvalue weighted by atomic mass is 19.1. The fourth-order valence-electron chi connectivity index (χ4n) is 1.92. The zero-order valence-corrected chi connectivity index (χ0v) is 10.3. The molecule has 0 amide bonds. The summed E-state index contributed by atoms with van der Waals surface area (Å²) in [5.41, 5.74) is 0.575. The predicted octanol–water partition coefficient (Wildman–Crippen LogP) is 3.97. The minimum Gasteiger partial charge on any atom is -0.468 e. The lowest BCUT2D eigenvalue weighted by atomic mass is 10.1. The number of halogens is 2. The highest BCUT2D eigenvalue weighted by Gasteiger charge is 2.14. The largest absolute Gasteiger partial charge is 0.468 e. The molecule has 0 fully saturated rings. The number of hydrogen-bond donors (Lipinski definition) is 1. The SMILES string of the molecule is CC(N[C@@H](C)c1ccco1)c1cc(F)cc(F)c1. The number of hydrogen-bond acceptors (Lipinski definition) is 2. The van der Waals surface area contributed by atoms with Crippen molar-refractivity contribution in [3.05, 3.63) is 59.6 Å². The van der Waals surface area contributed by atoms with Gasteiger partial charge in [0.2, 0.25) is 0 Å². The summed E-state index contributed by atoms with van der Waals surface area (Å²) in [4.78, 5) is 0. The Balaban J connectivity index is 2.09. The molecule has 1 heterocycles. The third-order valence-corrected chi connectivity index (χ3v) is 2.85. The van der Waals surface area contributed by atoms with Gasteiger partial charge in [-0.2, -0.15) is 0 Å². The van der Waals surface area contributed by atoms with Crippen LogP contribution in [0.15, 0.2) is 41.0 Å². The molecule has 0 aliphatic carbocycles. The topological polar surface area (TPSA) is 25.2 Å². The van der Waals surface area contributed by atoms with E-state index in [9.17, 15) is 8.78 Å². The van der Waals surface area contributed by atoms with Gasteiger partial charge in [-0.15, -0.1) is 0 Å². The molecule has 1 unspecified atom stereocenters. The molecule has 4 heteroatoms. The first kappa shape index (κ1) is 12.8. The Hall–Kier alpha value is -1.68. The van der Waals surface area contributed by atoms with Crippen LogP contribution in [-0.4, -0.2) is 0 Å². The van der Waals surface area contributed by atoms with Gasteiger partial charge in [0.05, 0.1) is 12.3 Å². The molecule has 1 aromatic carbocycles. The van der Waals surface area contributed by atoms with Gasteiger partial charge in [-0.3, -0.25) is 0 Å². The van der Waals surface area contributed by atoms with Gasteiger partial charge in [0.15, 0.2) is 0 Å². The van der Waals surface area contributed by atoms with Crippen molar-refractivity contribution in [3.63, 3.8) is 0 Å². The van der Waals surface area contributed by atoms with Crippen LogP contribution in [-0.2, 0) is 0 Å². The van der Waals surface area contributed by atoms with Crippen molar-refractivity contribution in [2.45, 2.75) is 25.9 Å². The van der Waals surface area contributed by atoms with Crippen LogP contribution in [0.2, 0.25) is 0 Å². The van der Waals surface area contributed by atoms with E-state index >= 15 is 0 Å². The molecule has 1 N–H and O–H groups in total. The lowest BCUT2D eigenvalue weighted by Gasteiger charge is -2.19. The zero-order valence-electron chi connectivity index (χ0n) is 10.3. The summed E-state index contributed by atoms with van der Waals surface area (Å²) < 4.78 is 31.5. The third-order valence-electron chi connectivity index (χ3n) is 2.85.